The number of aromatic nitrogens is 1. The van der Waals surface area contributed by atoms with E-state index in [0.29, 0.717) is 70.3 Å². The van der Waals surface area contributed by atoms with Gasteiger partial charge in [0.15, 0.2) is 11.0 Å². The van der Waals surface area contributed by atoms with Crippen LogP contribution >= 0.6 is 22.9 Å². The molecule has 1 atom stereocenters. The number of ether oxygens (including phenoxy) is 1. The van der Waals surface area contributed by atoms with Crippen LogP contribution < -0.4 is 0 Å². The Hall–Kier alpha value is -4.62. The van der Waals surface area contributed by atoms with Crippen molar-refractivity contribution in [2.45, 2.75) is 11.8 Å². The summed E-state index contributed by atoms with van der Waals surface area (Å²) in [7, 11) is -0.612. The summed E-state index contributed by atoms with van der Waals surface area (Å²) in [6.45, 7) is 1.59. The van der Waals surface area contributed by atoms with Crippen molar-refractivity contribution in [2.75, 3.05) is 7.11 Å². The quantitative estimate of drug-likeness (QED) is 0.170. The molecule has 0 bridgehead atoms. The van der Waals surface area contributed by atoms with Crippen molar-refractivity contribution in [3.63, 3.8) is 0 Å². The van der Waals surface area contributed by atoms with Gasteiger partial charge >= 0.3 is 5.97 Å². The van der Waals surface area contributed by atoms with Gasteiger partial charge in [-0.05, 0) is 84.1 Å². The Morgan fingerprint density at radius 1 is 0.977 bits per heavy atom. The van der Waals surface area contributed by atoms with Crippen LogP contribution in [0.25, 0.3) is 44.4 Å². The third-order valence-corrected chi connectivity index (χ3v) is 9.76. The van der Waals surface area contributed by atoms with Crippen LogP contribution in [-0.2, 0) is 15.7 Å². The lowest BCUT2D eigenvalue weighted by atomic mass is 9.96. The number of halogens is 3. The Morgan fingerprint density at radius 2 is 1.77 bits per heavy atom. The topological polar surface area (TPSA) is 72.1 Å². The fraction of sp³-hybridized carbons (Fsp3) is 0.0588. The average Bonchev–Trinajstić information content (AvgIpc) is 3.63. The van der Waals surface area contributed by atoms with Gasteiger partial charge < -0.3 is 4.74 Å². The van der Waals surface area contributed by atoms with Crippen LogP contribution in [0.1, 0.15) is 20.8 Å². The molecule has 0 saturated carbocycles. The van der Waals surface area contributed by atoms with E-state index in [1.54, 1.807) is 40.5 Å². The fourth-order valence-corrected chi connectivity index (χ4v) is 7.55. The number of hydrogen-bond acceptors (Lipinski definition) is 5. The Balaban J connectivity index is 1.66. The highest BCUT2D eigenvalue weighted by Crippen LogP contribution is 2.45. The molecule has 218 valence electrons. The summed E-state index contributed by atoms with van der Waals surface area (Å²) in [5.74, 6) is -1.44. The van der Waals surface area contributed by atoms with Gasteiger partial charge in [0, 0.05) is 32.7 Å². The van der Waals surface area contributed by atoms with E-state index >= 15 is 0 Å². The predicted molar refractivity (Wildman–Crippen MR) is 170 cm³/mol. The van der Waals surface area contributed by atoms with E-state index in [-0.39, 0.29) is 0 Å². The number of carbonyl (C=O) groups is 1. The number of nitriles is 1. The van der Waals surface area contributed by atoms with E-state index in [0.717, 1.165) is 0 Å². The van der Waals surface area contributed by atoms with Gasteiger partial charge in [0.1, 0.15) is 22.6 Å². The van der Waals surface area contributed by atoms with Crippen LogP contribution in [0.4, 0.5) is 8.78 Å². The molecule has 0 spiro atoms. The number of aryl methyl sites for hydroxylation is 1. The highest BCUT2D eigenvalue weighted by molar-refractivity contribution is 7.83. The molecule has 0 saturated heterocycles. The van der Waals surface area contributed by atoms with Crippen molar-refractivity contribution in [1.29, 1.82) is 5.26 Å². The minimum absolute atomic E-state index is 0.299. The molecule has 6 aromatic rings. The smallest absolute Gasteiger partial charge is 0.337 e. The molecule has 0 N–H and O–H groups in total. The van der Waals surface area contributed by atoms with E-state index in [1.807, 2.05) is 24.3 Å². The molecule has 0 fully saturated rings. The van der Waals surface area contributed by atoms with Gasteiger partial charge in [0.05, 0.1) is 28.8 Å². The third-order valence-electron chi connectivity index (χ3n) is 7.26. The summed E-state index contributed by atoms with van der Waals surface area (Å²) >= 11 is 7.87. The lowest BCUT2D eigenvalue weighted by molar-refractivity contribution is 0.0600. The number of hydrogen-bond donors (Lipinski definition) is 0. The van der Waals surface area contributed by atoms with Crippen molar-refractivity contribution in [3.8, 4) is 39.6 Å². The van der Waals surface area contributed by atoms with Crippen molar-refractivity contribution in [3.05, 3.63) is 123 Å². The van der Waals surface area contributed by atoms with Gasteiger partial charge in [-0.1, -0.05) is 35.9 Å². The second-order valence-corrected chi connectivity index (χ2v) is 12.5. The Morgan fingerprint density at radius 3 is 2.50 bits per heavy atom. The number of fused-ring (bicyclic) bond motifs is 1. The second kappa shape index (κ2) is 11.8. The minimum Gasteiger partial charge on any atom is -0.465 e. The monoisotopic (exact) mass is 642 g/mol. The maximum Gasteiger partial charge on any atom is 0.337 e. The second-order valence-electron chi connectivity index (χ2n) is 9.88. The van der Waals surface area contributed by atoms with Gasteiger partial charge in [-0.15, -0.1) is 11.3 Å². The van der Waals surface area contributed by atoms with Crippen molar-refractivity contribution < 1.29 is 22.5 Å². The standard InChI is InChI=1S/C34H21ClF2N2O3S2/c1-19-14-24(8-10-29(19)37)44(41)39-30-11-7-23(36)17-27(30)32(26-12-13-43-31(26)18-38)33(39)21-5-3-4-20(15-21)25-9-6-22(16-28(25)35)34(40)42-2/h3-17H,1-2H3. The maximum absolute atomic E-state index is 14.8. The van der Waals surface area contributed by atoms with Crippen molar-refractivity contribution in [1.82, 2.24) is 3.97 Å². The number of benzene rings is 4. The van der Waals surface area contributed by atoms with Gasteiger partial charge in [-0.25, -0.2) is 17.8 Å². The van der Waals surface area contributed by atoms with Crippen LogP contribution in [0.15, 0.2) is 95.2 Å². The summed E-state index contributed by atoms with van der Waals surface area (Å²) in [5.41, 5.74) is 4.64. The number of nitrogens with zero attached hydrogens (tertiary/aromatic N) is 2. The molecule has 2 heterocycles. The molecular formula is C34H21ClF2N2O3S2. The summed E-state index contributed by atoms with van der Waals surface area (Å²) in [6, 6.07) is 24.7. The van der Waals surface area contributed by atoms with Gasteiger partial charge in [0.25, 0.3) is 0 Å². The largest absolute Gasteiger partial charge is 0.465 e. The highest BCUT2D eigenvalue weighted by Gasteiger charge is 2.27. The summed E-state index contributed by atoms with van der Waals surface area (Å²) in [4.78, 5) is 12.8. The summed E-state index contributed by atoms with van der Waals surface area (Å²) in [6.07, 6.45) is 0. The van der Waals surface area contributed by atoms with Gasteiger partial charge in [-0.3, -0.25) is 3.97 Å². The zero-order chi connectivity index (χ0) is 31.1. The number of carbonyl (C=O) groups excluding carboxylic acids is 1. The summed E-state index contributed by atoms with van der Waals surface area (Å²) in [5, 5.41) is 12.5. The van der Waals surface area contributed by atoms with Crippen LogP contribution in [0.5, 0.6) is 0 Å². The first-order chi connectivity index (χ1) is 21.2. The lowest BCUT2D eigenvalue weighted by Crippen LogP contribution is -2.07. The predicted octanol–water partition coefficient (Wildman–Crippen LogP) is 9.17. The zero-order valence-corrected chi connectivity index (χ0v) is 25.6. The minimum atomic E-state index is -1.90. The van der Waals surface area contributed by atoms with Crippen LogP contribution in [-0.4, -0.2) is 21.3 Å². The SMILES string of the molecule is COC(=O)c1ccc(-c2cccc(-c3c(-c4ccsc4C#N)c4cc(F)ccc4n3S(=O)c3ccc(F)c(C)c3)c2)c(Cl)c1. The van der Waals surface area contributed by atoms with Crippen LogP contribution in [0.3, 0.4) is 0 Å². The first-order valence-corrected chi connectivity index (χ1v) is 15.6. The molecule has 0 radical (unpaired) electrons. The summed E-state index contributed by atoms with van der Waals surface area (Å²) < 4.78 is 49.8. The molecule has 44 heavy (non-hydrogen) atoms. The molecule has 2 aromatic heterocycles. The molecule has 0 aliphatic heterocycles. The Labute approximate surface area is 263 Å². The number of esters is 1. The molecule has 4 aromatic carbocycles. The zero-order valence-electron chi connectivity index (χ0n) is 23.2. The maximum atomic E-state index is 14.8. The lowest BCUT2D eigenvalue weighted by Gasteiger charge is -2.14. The van der Waals surface area contributed by atoms with E-state index < -0.39 is 28.6 Å². The van der Waals surface area contributed by atoms with E-state index in [1.165, 1.54) is 54.8 Å². The van der Waals surface area contributed by atoms with Crippen molar-refractivity contribution >= 4 is 50.8 Å². The van der Waals surface area contributed by atoms with Crippen LogP contribution in [0.2, 0.25) is 5.02 Å². The van der Waals surface area contributed by atoms with E-state index in [2.05, 4.69) is 6.07 Å². The van der Waals surface area contributed by atoms with E-state index in [9.17, 15) is 23.0 Å². The molecule has 10 heteroatoms. The number of thiophene rings is 1. The Kier molecular flexibility index (Phi) is 7.91. The molecule has 0 amide bonds. The molecule has 0 aliphatic rings. The Bertz CT molecular complexity index is 2180. The number of rotatable bonds is 6. The van der Waals surface area contributed by atoms with E-state index in [4.69, 9.17) is 16.3 Å². The average molecular weight is 643 g/mol. The van der Waals surface area contributed by atoms with Crippen LogP contribution in [0, 0.1) is 29.9 Å². The molecule has 6 rings (SSSR count). The third kappa shape index (κ3) is 5.11. The van der Waals surface area contributed by atoms with Gasteiger partial charge in [0.2, 0.25) is 0 Å². The molecule has 0 aliphatic carbocycles. The number of methoxy groups -OCH3 is 1. The normalized spacial score (nSPS) is 11.8. The van der Waals surface area contributed by atoms with Gasteiger partial charge in [-0.2, -0.15) is 5.26 Å². The highest BCUT2D eigenvalue weighted by atomic mass is 35.5. The molecule has 1 unspecified atom stereocenters. The fourth-order valence-electron chi connectivity index (χ4n) is 5.19. The molecular weight excluding hydrogens is 622 g/mol. The molecule has 5 nitrogen and oxygen atoms in total. The van der Waals surface area contributed by atoms with Crippen molar-refractivity contribution in [2.24, 2.45) is 0 Å². The first kappa shape index (κ1) is 29.5. The first-order valence-electron chi connectivity index (χ1n) is 13.2.